The summed E-state index contributed by atoms with van der Waals surface area (Å²) in [6, 6.07) is 0.444. The molecule has 0 bridgehead atoms. The van der Waals surface area contributed by atoms with Gasteiger partial charge in [0, 0.05) is 21.4 Å². The van der Waals surface area contributed by atoms with E-state index in [1.54, 1.807) is 0 Å². The highest BCUT2D eigenvalue weighted by Gasteiger charge is 2.26. The van der Waals surface area contributed by atoms with Crippen molar-refractivity contribution in [3.63, 3.8) is 0 Å². The van der Waals surface area contributed by atoms with Crippen molar-refractivity contribution in [3.05, 3.63) is 25.5 Å². The van der Waals surface area contributed by atoms with Crippen LogP contribution in [0.2, 0.25) is 10.2 Å². The largest absolute Gasteiger partial charge is 0.299 e. The Labute approximate surface area is 113 Å². The zero-order valence-electron chi connectivity index (χ0n) is 8.30. The maximum absolute atomic E-state index is 6.09. The van der Waals surface area contributed by atoms with E-state index in [1.165, 1.54) is 18.4 Å². The number of nitrogens with zero attached hydrogens (tertiary/aromatic N) is 2. The number of hydrogen-bond donors (Lipinski definition) is 0. The zero-order valence-corrected chi connectivity index (χ0v) is 12.0. The first-order valence-electron chi connectivity index (χ1n) is 4.81. The SMILES string of the molecule is CN1CCC[C@H]1c1cnc(Cl)c(Cl)c1I. The molecule has 82 valence electrons. The van der Waals surface area contributed by atoms with Crippen LogP contribution in [0.15, 0.2) is 6.20 Å². The van der Waals surface area contributed by atoms with E-state index in [0.717, 1.165) is 10.1 Å². The molecule has 15 heavy (non-hydrogen) atoms. The summed E-state index contributed by atoms with van der Waals surface area (Å²) in [6.45, 7) is 1.14. The Morgan fingerprint density at radius 1 is 1.53 bits per heavy atom. The van der Waals surface area contributed by atoms with E-state index in [0.29, 0.717) is 16.2 Å². The first kappa shape index (κ1) is 11.9. The lowest BCUT2D eigenvalue weighted by Crippen LogP contribution is -2.18. The molecule has 1 aliphatic heterocycles. The molecule has 1 atom stereocenters. The van der Waals surface area contributed by atoms with Crippen LogP contribution in [0, 0.1) is 3.57 Å². The first-order chi connectivity index (χ1) is 7.11. The summed E-state index contributed by atoms with van der Waals surface area (Å²) in [6.07, 6.45) is 4.26. The van der Waals surface area contributed by atoms with Crippen molar-refractivity contribution in [2.24, 2.45) is 0 Å². The van der Waals surface area contributed by atoms with E-state index in [1.807, 2.05) is 6.20 Å². The van der Waals surface area contributed by atoms with Crippen LogP contribution in [0.3, 0.4) is 0 Å². The minimum absolute atomic E-state index is 0.394. The topological polar surface area (TPSA) is 16.1 Å². The van der Waals surface area contributed by atoms with Gasteiger partial charge >= 0.3 is 0 Å². The number of halogens is 3. The average molecular weight is 357 g/mol. The van der Waals surface area contributed by atoms with Gasteiger partial charge in [0.1, 0.15) is 5.15 Å². The van der Waals surface area contributed by atoms with Crippen molar-refractivity contribution in [2.75, 3.05) is 13.6 Å². The van der Waals surface area contributed by atoms with Crippen molar-refractivity contribution < 1.29 is 0 Å². The number of likely N-dealkylation sites (tertiary alicyclic amines) is 1. The Morgan fingerprint density at radius 2 is 2.27 bits per heavy atom. The molecule has 0 aromatic carbocycles. The number of rotatable bonds is 1. The quantitative estimate of drug-likeness (QED) is 0.562. The Morgan fingerprint density at radius 3 is 2.87 bits per heavy atom. The molecule has 0 saturated carbocycles. The molecule has 5 heteroatoms. The summed E-state index contributed by atoms with van der Waals surface area (Å²) >= 11 is 14.2. The highest BCUT2D eigenvalue weighted by Crippen LogP contribution is 2.37. The highest BCUT2D eigenvalue weighted by molar-refractivity contribution is 14.1. The minimum atomic E-state index is 0.394. The molecule has 2 heterocycles. The Hall–Kier alpha value is 0.420. The molecule has 2 rings (SSSR count). The second kappa shape index (κ2) is 4.73. The van der Waals surface area contributed by atoms with Gasteiger partial charge in [-0.15, -0.1) is 0 Å². The van der Waals surface area contributed by atoms with E-state index >= 15 is 0 Å². The monoisotopic (exact) mass is 356 g/mol. The molecule has 1 saturated heterocycles. The highest BCUT2D eigenvalue weighted by atomic mass is 127. The number of pyridine rings is 1. The fourth-order valence-corrected chi connectivity index (χ4v) is 3.21. The maximum Gasteiger partial charge on any atom is 0.148 e. The van der Waals surface area contributed by atoms with Gasteiger partial charge < -0.3 is 0 Å². The van der Waals surface area contributed by atoms with Crippen molar-refractivity contribution in [1.82, 2.24) is 9.88 Å². The van der Waals surface area contributed by atoms with Crippen molar-refractivity contribution in [2.45, 2.75) is 18.9 Å². The molecule has 0 aliphatic carbocycles. The van der Waals surface area contributed by atoms with Gasteiger partial charge in [0.2, 0.25) is 0 Å². The Bertz CT molecular complexity index is 384. The lowest BCUT2D eigenvalue weighted by atomic mass is 10.1. The van der Waals surface area contributed by atoms with Crippen LogP contribution in [0.4, 0.5) is 0 Å². The molecule has 0 radical (unpaired) electrons. The normalized spacial score (nSPS) is 22.3. The van der Waals surface area contributed by atoms with Gasteiger partial charge in [-0.3, -0.25) is 4.90 Å². The summed E-state index contributed by atoms with van der Waals surface area (Å²) < 4.78 is 1.04. The maximum atomic E-state index is 6.09. The van der Waals surface area contributed by atoms with E-state index in [-0.39, 0.29) is 0 Å². The van der Waals surface area contributed by atoms with E-state index in [9.17, 15) is 0 Å². The van der Waals surface area contributed by atoms with Crippen LogP contribution in [-0.2, 0) is 0 Å². The first-order valence-corrected chi connectivity index (χ1v) is 6.64. The Kier molecular flexibility index (Phi) is 3.75. The van der Waals surface area contributed by atoms with Crippen LogP contribution in [0.1, 0.15) is 24.4 Å². The summed E-state index contributed by atoms with van der Waals surface area (Å²) in [5.41, 5.74) is 1.20. The molecule has 1 aromatic heterocycles. The van der Waals surface area contributed by atoms with Crippen molar-refractivity contribution >= 4 is 45.8 Å². The fraction of sp³-hybridized carbons (Fsp3) is 0.500. The van der Waals surface area contributed by atoms with Crippen LogP contribution in [0.5, 0.6) is 0 Å². The molecule has 1 fully saturated rings. The molecule has 2 nitrogen and oxygen atoms in total. The van der Waals surface area contributed by atoms with Gasteiger partial charge in [-0.05, 0) is 49.0 Å². The Balaban J connectivity index is 2.40. The molecule has 1 aromatic rings. The predicted molar refractivity (Wildman–Crippen MR) is 71.6 cm³/mol. The molecule has 0 spiro atoms. The fourth-order valence-electron chi connectivity index (χ4n) is 1.99. The second-order valence-electron chi connectivity index (χ2n) is 3.77. The van der Waals surface area contributed by atoms with Gasteiger partial charge in [-0.1, -0.05) is 23.2 Å². The van der Waals surface area contributed by atoms with E-state index in [4.69, 9.17) is 23.2 Å². The standard InChI is InChI=1S/C10H11Cl2IN2/c1-15-4-2-3-7(15)6-5-14-10(12)8(11)9(6)13/h5,7H,2-4H2,1H3/t7-/m0/s1. The third-order valence-electron chi connectivity index (χ3n) is 2.82. The molecule has 0 unspecified atom stereocenters. The predicted octanol–water partition coefficient (Wildman–Crippen LogP) is 3.76. The summed E-state index contributed by atoms with van der Waals surface area (Å²) in [5.74, 6) is 0. The summed E-state index contributed by atoms with van der Waals surface area (Å²) in [7, 11) is 2.14. The minimum Gasteiger partial charge on any atom is -0.299 e. The number of aromatic nitrogens is 1. The summed E-state index contributed by atoms with van der Waals surface area (Å²) in [4.78, 5) is 6.46. The molecular formula is C10H11Cl2IN2. The van der Waals surface area contributed by atoms with Gasteiger partial charge in [0.25, 0.3) is 0 Å². The van der Waals surface area contributed by atoms with E-state index < -0.39 is 0 Å². The lowest BCUT2D eigenvalue weighted by Gasteiger charge is -2.21. The lowest BCUT2D eigenvalue weighted by molar-refractivity contribution is 0.316. The van der Waals surface area contributed by atoms with Gasteiger partial charge in [0.15, 0.2) is 0 Å². The number of hydrogen-bond acceptors (Lipinski definition) is 2. The van der Waals surface area contributed by atoms with Gasteiger partial charge in [-0.2, -0.15) is 0 Å². The average Bonchev–Trinajstić information content (AvgIpc) is 2.62. The molecule has 0 N–H and O–H groups in total. The zero-order chi connectivity index (χ0) is 11.0. The van der Waals surface area contributed by atoms with Crippen LogP contribution in [0.25, 0.3) is 0 Å². The van der Waals surface area contributed by atoms with Crippen LogP contribution in [-0.4, -0.2) is 23.5 Å². The van der Waals surface area contributed by atoms with Gasteiger partial charge in [0.05, 0.1) is 5.02 Å². The van der Waals surface area contributed by atoms with Gasteiger partial charge in [-0.25, -0.2) is 4.98 Å². The summed E-state index contributed by atoms with van der Waals surface area (Å²) in [5, 5.41) is 0.973. The van der Waals surface area contributed by atoms with E-state index in [2.05, 4.69) is 39.5 Å². The third-order valence-corrected chi connectivity index (χ3v) is 5.06. The second-order valence-corrected chi connectivity index (χ2v) is 5.59. The van der Waals surface area contributed by atoms with Crippen LogP contribution >= 0.6 is 45.8 Å². The van der Waals surface area contributed by atoms with Crippen molar-refractivity contribution in [1.29, 1.82) is 0 Å². The van der Waals surface area contributed by atoms with Crippen molar-refractivity contribution in [3.8, 4) is 0 Å². The smallest absolute Gasteiger partial charge is 0.148 e. The third kappa shape index (κ3) is 2.25. The van der Waals surface area contributed by atoms with Crippen LogP contribution < -0.4 is 0 Å². The molecule has 0 amide bonds. The molecule has 1 aliphatic rings. The molecular weight excluding hydrogens is 346 g/mol.